The second-order valence-electron chi connectivity index (χ2n) is 3.30. The highest BCUT2D eigenvalue weighted by Gasteiger charge is 2.16. The molecule has 0 aliphatic carbocycles. The average Bonchev–Trinajstić information content (AvgIpc) is 2.54. The highest BCUT2D eigenvalue weighted by Crippen LogP contribution is 2.23. The van der Waals surface area contributed by atoms with E-state index in [1.165, 1.54) is 5.56 Å². The van der Waals surface area contributed by atoms with Crippen molar-refractivity contribution in [3.05, 3.63) is 29.3 Å². The Morgan fingerprint density at radius 1 is 1.50 bits per heavy atom. The van der Waals surface area contributed by atoms with Gasteiger partial charge in [-0.1, -0.05) is 12.1 Å². The normalized spacial score (nSPS) is 13.9. The molecule has 14 heavy (non-hydrogen) atoms. The molecule has 0 radical (unpaired) electrons. The number of carbonyl (C=O) groups is 1. The Hall–Kier alpha value is -1.00. The molecule has 0 aromatic heterocycles. The van der Waals surface area contributed by atoms with Gasteiger partial charge < -0.3 is 10.6 Å². The lowest BCUT2D eigenvalue weighted by Gasteiger charge is -2.04. The van der Waals surface area contributed by atoms with E-state index in [9.17, 15) is 4.79 Å². The second kappa shape index (κ2) is 4.02. The van der Waals surface area contributed by atoms with Crippen LogP contribution < -0.4 is 10.6 Å². The number of thiol groups is 1. The van der Waals surface area contributed by atoms with Crippen molar-refractivity contribution in [2.75, 3.05) is 11.2 Å². The van der Waals surface area contributed by atoms with E-state index in [4.69, 9.17) is 0 Å². The number of hydrogen-bond acceptors (Lipinski definition) is 3. The summed E-state index contributed by atoms with van der Waals surface area (Å²) in [6, 6.07) is 6.03. The Labute approximate surface area is 88.3 Å². The Morgan fingerprint density at radius 2 is 2.36 bits per heavy atom. The number of anilines is 1. The maximum Gasteiger partial charge on any atom is 0.228 e. The molecule has 0 fully saturated rings. The maximum absolute atomic E-state index is 11.1. The monoisotopic (exact) mass is 208 g/mol. The van der Waals surface area contributed by atoms with E-state index < -0.39 is 0 Å². The zero-order chi connectivity index (χ0) is 9.97. The standard InChI is InChI=1S/C10H12N2OS/c13-10-4-8-3-7(5-11-6-14)1-2-9(8)12-10/h1-3,11,14H,4-6H2,(H,12,13). The van der Waals surface area contributed by atoms with Gasteiger partial charge in [-0.25, -0.2) is 0 Å². The fraction of sp³-hybridized carbons (Fsp3) is 0.300. The summed E-state index contributed by atoms with van der Waals surface area (Å²) in [4.78, 5) is 11.1. The highest BCUT2D eigenvalue weighted by atomic mass is 32.1. The Bertz CT molecular complexity index is 365. The van der Waals surface area contributed by atoms with Crippen LogP contribution in [0, 0.1) is 0 Å². The quantitative estimate of drug-likeness (QED) is 0.515. The Morgan fingerprint density at radius 3 is 3.14 bits per heavy atom. The third-order valence-electron chi connectivity index (χ3n) is 2.24. The molecule has 1 aliphatic heterocycles. The fourth-order valence-electron chi connectivity index (χ4n) is 1.59. The summed E-state index contributed by atoms with van der Waals surface area (Å²) in [6.07, 6.45) is 0.504. The van der Waals surface area contributed by atoms with Crippen LogP contribution in [0.4, 0.5) is 5.69 Å². The number of carbonyl (C=O) groups excluding carboxylic acids is 1. The van der Waals surface area contributed by atoms with Crippen LogP contribution >= 0.6 is 12.6 Å². The molecule has 1 amide bonds. The van der Waals surface area contributed by atoms with E-state index in [0.29, 0.717) is 12.3 Å². The van der Waals surface area contributed by atoms with Crippen LogP contribution in [0.1, 0.15) is 11.1 Å². The van der Waals surface area contributed by atoms with E-state index >= 15 is 0 Å². The predicted octanol–water partition coefficient (Wildman–Crippen LogP) is 1.16. The third-order valence-corrected chi connectivity index (χ3v) is 2.46. The molecule has 0 unspecified atom stereocenters. The molecule has 0 saturated heterocycles. The van der Waals surface area contributed by atoms with Gasteiger partial charge in [-0.2, -0.15) is 12.6 Å². The van der Waals surface area contributed by atoms with Crippen molar-refractivity contribution < 1.29 is 4.79 Å². The lowest BCUT2D eigenvalue weighted by Crippen LogP contribution is -2.10. The lowest BCUT2D eigenvalue weighted by atomic mass is 10.1. The molecule has 2 rings (SSSR count). The molecule has 4 heteroatoms. The predicted molar refractivity (Wildman–Crippen MR) is 59.5 cm³/mol. The number of fused-ring (bicyclic) bond motifs is 1. The number of benzene rings is 1. The summed E-state index contributed by atoms with van der Waals surface area (Å²) >= 11 is 4.07. The number of nitrogens with one attached hydrogen (secondary N) is 2. The van der Waals surface area contributed by atoms with Gasteiger partial charge in [0.1, 0.15) is 0 Å². The van der Waals surface area contributed by atoms with E-state index in [-0.39, 0.29) is 5.91 Å². The summed E-state index contributed by atoms with van der Waals surface area (Å²) in [5.74, 6) is 0.744. The van der Waals surface area contributed by atoms with Crippen molar-refractivity contribution in [2.24, 2.45) is 0 Å². The molecule has 1 aliphatic rings. The van der Waals surface area contributed by atoms with E-state index in [1.807, 2.05) is 12.1 Å². The molecule has 0 saturated carbocycles. The average molecular weight is 208 g/mol. The fourth-order valence-corrected chi connectivity index (χ4v) is 1.70. The van der Waals surface area contributed by atoms with Gasteiger partial charge in [-0.3, -0.25) is 4.79 Å². The minimum atomic E-state index is 0.0827. The Kier molecular flexibility index (Phi) is 2.74. The molecule has 1 aromatic rings. The third kappa shape index (κ3) is 1.91. The molecular formula is C10H12N2OS. The van der Waals surface area contributed by atoms with Crippen LogP contribution in [0.25, 0.3) is 0 Å². The summed E-state index contributed by atoms with van der Waals surface area (Å²) < 4.78 is 0. The van der Waals surface area contributed by atoms with Gasteiger partial charge in [0.15, 0.2) is 0 Å². The van der Waals surface area contributed by atoms with Gasteiger partial charge in [-0.15, -0.1) is 0 Å². The molecule has 0 spiro atoms. The first-order valence-electron chi connectivity index (χ1n) is 4.53. The van der Waals surface area contributed by atoms with Crippen LogP contribution in [0.2, 0.25) is 0 Å². The van der Waals surface area contributed by atoms with Gasteiger partial charge in [0, 0.05) is 18.1 Å². The van der Waals surface area contributed by atoms with Gasteiger partial charge in [0.2, 0.25) is 5.91 Å². The minimum Gasteiger partial charge on any atom is -0.326 e. The van der Waals surface area contributed by atoms with Crippen molar-refractivity contribution in [3.8, 4) is 0 Å². The molecule has 2 N–H and O–H groups in total. The summed E-state index contributed by atoms with van der Waals surface area (Å²) in [7, 11) is 0. The smallest absolute Gasteiger partial charge is 0.228 e. The maximum atomic E-state index is 11.1. The van der Waals surface area contributed by atoms with E-state index in [2.05, 4.69) is 29.3 Å². The van der Waals surface area contributed by atoms with E-state index in [1.54, 1.807) is 0 Å². The van der Waals surface area contributed by atoms with Crippen molar-refractivity contribution in [1.29, 1.82) is 0 Å². The first-order valence-corrected chi connectivity index (χ1v) is 5.16. The lowest BCUT2D eigenvalue weighted by molar-refractivity contribution is -0.115. The zero-order valence-corrected chi connectivity index (χ0v) is 8.60. The van der Waals surface area contributed by atoms with Crippen molar-refractivity contribution in [2.45, 2.75) is 13.0 Å². The summed E-state index contributed by atoms with van der Waals surface area (Å²) in [5.41, 5.74) is 3.23. The number of amides is 1. The van der Waals surface area contributed by atoms with Crippen LogP contribution in [0.5, 0.6) is 0 Å². The van der Waals surface area contributed by atoms with Crippen LogP contribution in [-0.4, -0.2) is 11.8 Å². The van der Waals surface area contributed by atoms with Gasteiger partial charge in [0.05, 0.1) is 6.42 Å². The molecule has 1 aromatic carbocycles. The second-order valence-corrected chi connectivity index (χ2v) is 3.62. The largest absolute Gasteiger partial charge is 0.326 e. The van der Waals surface area contributed by atoms with Gasteiger partial charge >= 0.3 is 0 Å². The number of rotatable bonds is 3. The van der Waals surface area contributed by atoms with Crippen molar-refractivity contribution >= 4 is 24.2 Å². The topological polar surface area (TPSA) is 41.1 Å². The van der Waals surface area contributed by atoms with Gasteiger partial charge in [0.25, 0.3) is 0 Å². The van der Waals surface area contributed by atoms with Crippen LogP contribution in [0.15, 0.2) is 18.2 Å². The van der Waals surface area contributed by atoms with E-state index in [0.717, 1.165) is 17.8 Å². The SMILES string of the molecule is O=C1Cc2cc(CNCS)ccc2N1. The summed E-state index contributed by atoms with van der Waals surface area (Å²) in [5, 5.41) is 5.93. The first kappa shape index (κ1) is 9.55. The zero-order valence-electron chi connectivity index (χ0n) is 7.71. The molecular weight excluding hydrogens is 196 g/mol. The molecule has 0 atom stereocenters. The molecule has 1 heterocycles. The van der Waals surface area contributed by atoms with Gasteiger partial charge in [-0.05, 0) is 17.2 Å². The number of hydrogen-bond donors (Lipinski definition) is 3. The first-order chi connectivity index (χ1) is 6.79. The van der Waals surface area contributed by atoms with Crippen molar-refractivity contribution in [1.82, 2.24) is 5.32 Å². The Balaban J connectivity index is 2.16. The molecule has 0 bridgehead atoms. The summed E-state index contributed by atoms with van der Waals surface area (Å²) in [6.45, 7) is 0.797. The van der Waals surface area contributed by atoms with Crippen LogP contribution in [-0.2, 0) is 17.8 Å². The molecule has 74 valence electrons. The minimum absolute atomic E-state index is 0.0827. The van der Waals surface area contributed by atoms with Crippen LogP contribution in [0.3, 0.4) is 0 Å². The van der Waals surface area contributed by atoms with Crippen molar-refractivity contribution in [3.63, 3.8) is 0 Å². The highest BCUT2D eigenvalue weighted by molar-refractivity contribution is 7.80. The molecule has 3 nitrogen and oxygen atoms in total.